The third kappa shape index (κ3) is 3.46. The number of rotatable bonds is 6. The Hall–Kier alpha value is -2.34. The van der Waals surface area contributed by atoms with Crippen LogP contribution in [0.3, 0.4) is 0 Å². The fraction of sp³-hybridized carbons (Fsp3) is 0.188. The molecule has 0 saturated carbocycles. The molecule has 0 radical (unpaired) electrons. The normalized spacial score (nSPS) is 10.6. The van der Waals surface area contributed by atoms with Gasteiger partial charge in [0.15, 0.2) is 0 Å². The van der Waals surface area contributed by atoms with E-state index in [1.54, 1.807) is 16.4 Å². The molecule has 1 heterocycles. The molecule has 0 unspecified atom stereocenters. The standard InChI is InChI=1S/C16H16N4OS/c1-13-7-5-6-10-15(13)21-11-12-22-16-17-18-19-20(16)14-8-3-2-4-9-14/h2-10H,11-12H2,1H3. The van der Waals surface area contributed by atoms with Crippen molar-refractivity contribution in [3.05, 3.63) is 60.2 Å². The highest BCUT2D eigenvalue weighted by atomic mass is 32.2. The molecule has 2 aromatic carbocycles. The second kappa shape index (κ2) is 7.09. The highest BCUT2D eigenvalue weighted by Gasteiger charge is 2.08. The van der Waals surface area contributed by atoms with Crippen molar-refractivity contribution < 1.29 is 4.74 Å². The van der Waals surface area contributed by atoms with E-state index >= 15 is 0 Å². The lowest BCUT2D eigenvalue weighted by molar-refractivity contribution is 0.341. The van der Waals surface area contributed by atoms with E-state index in [2.05, 4.69) is 15.5 Å². The van der Waals surface area contributed by atoms with Gasteiger partial charge in [-0.1, -0.05) is 48.2 Å². The lowest BCUT2D eigenvalue weighted by Gasteiger charge is -2.08. The Morgan fingerprint density at radius 2 is 1.82 bits per heavy atom. The summed E-state index contributed by atoms with van der Waals surface area (Å²) >= 11 is 1.58. The smallest absolute Gasteiger partial charge is 0.214 e. The molecule has 0 N–H and O–H groups in total. The number of tetrazole rings is 1. The lowest BCUT2D eigenvalue weighted by atomic mass is 10.2. The van der Waals surface area contributed by atoms with Gasteiger partial charge in [0, 0.05) is 5.75 Å². The first-order valence-corrected chi connectivity index (χ1v) is 7.98. The van der Waals surface area contributed by atoms with Crippen molar-refractivity contribution in [2.24, 2.45) is 0 Å². The van der Waals surface area contributed by atoms with Gasteiger partial charge >= 0.3 is 0 Å². The Bertz CT molecular complexity index is 730. The zero-order valence-electron chi connectivity index (χ0n) is 12.2. The minimum atomic E-state index is 0.608. The largest absolute Gasteiger partial charge is 0.492 e. The van der Waals surface area contributed by atoms with Gasteiger partial charge in [-0.2, -0.15) is 4.68 Å². The van der Waals surface area contributed by atoms with Crippen molar-refractivity contribution in [2.75, 3.05) is 12.4 Å². The van der Waals surface area contributed by atoms with Gasteiger partial charge in [0.1, 0.15) is 5.75 Å². The monoisotopic (exact) mass is 312 g/mol. The van der Waals surface area contributed by atoms with E-state index in [0.29, 0.717) is 6.61 Å². The van der Waals surface area contributed by atoms with Crippen molar-refractivity contribution in [3.8, 4) is 11.4 Å². The molecule has 0 fully saturated rings. The van der Waals surface area contributed by atoms with Crippen LogP contribution in [0.2, 0.25) is 0 Å². The molecular weight excluding hydrogens is 296 g/mol. The molecule has 5 nitrogen and oxygen atoms in total. The summed E-state index contributed by atoms with van der Waals surface area (Å²) < 4.78 is 7.52. The molecule has 0 bridgehead atoms. The Kier molecular flexibility index (Phi) is 4.70. The molecule has 0 atom stereocenters. The predicted molar refractivity (Wildman–Crippen MR) is 86.6 cm³/mol. The second-order valence-corrected chi connectivity index (χ2v) is 5.73. The first kappa shape index (κ1) is 14.6. The molecule has 0 aliphatic rings. The average molecular weight is 312 g/mol. The van der Waals surface area contributed by atoms with Crippen molar-refractivity contribution in [3.63, 3.8) is 0 Å². The number of aryl methyl sites for hydroxylation is 1. The fourth-order valence-electron chi connectivity index (χ4n) is 2.00. The van der Waals surface area contributed by atoms with Crippen LogP contribution in [-0.4, -0.2) is 32.6 Å². The van der Waals surface area contributed by atoms with Crippen molar-refractivity contribution in [1.29, 1.82) is 0 Å². The van der Waals surface area contributed by atoms with Crippen molar-refractivity contribution in [1.82, 2.24) is 20.2 Å². The highest BCUT2D eigenvalue weighted by Crippen LogP contribution is 2.19. The summed E-state index contributed by atoms with van der Waals surface area (Å²) in [5.74, 6) is 1.70. The van der Waals surface area contributed by atoms with E-state index in [0.717, 1.165) is 27.9 Å². The van der Waals surface area contributed by atoms with Crippen LogP contribution in [0.5, 0.6) is 5.75 Å². The third-order valence-electron chi connectivity index (χ3n) is 3.11. The van der Waals surface area contributed by atoms with E-state index in [4.69, 9.17) is 4.74 Å². The SMILES string of the molecule is Cc1ccccc1OCCSc1nnnn1-c1ccccc1. The van der Waals surface area contributed by atoms with Crippen LogP contribution in [-0.2, 0) is 0 Å². The van der Waals surface area contributed by atoms with E-state index in [1.165, 1.54) is 0 Å². The van der Waals surface area contributed by atoms with Gasteiger partial charge < -0.3 is 4.74 Å². The van der Waals surface area contributed by atoms with Crippen molar-refractivity contribution in [2.45, 2.75) is 12.1 Å². The number of ether oxygens (including phenoxy) is 1. The first-order valence-electron chi connectivity index (χ1n) is 6.99. The predicted octanol–water partition coefficient (Wildman–Crippen LogP) is 3.14. The topological polar surface area (TPSA) is 52.8 Å². The molecule has 3 rings (SSSR count). The van der Waals surface area contributed by atoms with Crippen LogP contribution >= 0.6 is 11.8 Å². The molecule has 22 heavy (non-hydrogen) atoms. The summed E-state index contributed by atoms with van der Waals surface area (Å²) in [5, 5.41) is 12.6. The van der Waals surface area contributed by atoms with Crippen LogP contribution in [0.4, 0.5) is 0 Å². The average Bonchev–Trinajstić information content (AvgIpc) is 3.02. The molecule has 3 aromatic rings. The highest BCUT2D eigenvalue weighted by molar-refractivity contribution is 7.99. The van der Waals surface area contributed by atoms with Crippen LogP contribution in [0, 0.1) is 6.92 Å². The molecule has 1 aromatic heterocycles. The molecule has 0 saturated heterocycles. The van der Waals surface area contributed by atoms with E-state index in [-0.39, 0.29) is 0 Å². The summed E-state index contributed by atoms with van der Waals surface area (Å²) in [6, 6.07) is 17.9. The molecule has 6 heteroatoms. The summed E-state index contributed by atoms with van der Waals surface area (Å²) in [5.41, 5.74) is 2.09. The zero-order chi connectivity index (χ0) is 15.2. The van der Waals surface area contributed by atoms with Gasteiger partial charge in [-0.3, -0.25) is 0 Å². The van der Waals surface area contributed by atoms with E-state index in [1.807, 2.05) is 61.5 Å². The van der Waals surface area contributed by atoms with Gasteiger partial charge in [-0.05, 0) is 41.1 Å². The van der Waals surface area contributed by atoms with Crippen LogP contribution in [0.15, 0.2) is 59.8 Å². The Balaban J connectivity index is 1.57. The van der Waals surface area contributed by atoms with Gasteiger partial charge in [0.2, 0.25) is 5.16 Å². The summed E-state index contributed by atoms with van der Waals surface area (Å²) in [6.45, 7) is 2.65. The number of nitrogens with zero attached hydrogens (tertiary/aromatic N) is 4. The van der Waals surface area contributed by atoms with Crippen LogP contribution in [0.25, 0.3) is 5.69 Å². The quantitative estimate of drug-likeness (QED) is 0.517. The minimum Gasteiger partial charge on any atom is -0.492 e. The lowest BCUT2D eigenvalue weighted by Crippen LogP contribution is -2.04. The molecular formula is C16H16N4OS. The number of thioether (sulfide) groups is 1. The van der Waals surface area contributed by atoms with Gasteiger partial charge in [0.25, 0.3) is 0 Å². The molecule has 0 spiro atoms. The third-order valence-corrected chi connectivity index (χ3v) is 3.99. The molecule has 0 amide bonds. The van der Waals surface area contributed by atoms with Gasteiger partial charge in [-0.15, -0.1) is 5.10 Å². The second-order valence-electron chi connectivity index (χ2n) is 4.67. The minimum absolute atomic E-state index is 0.608. The van der Waals surface area contributed by atoms with E-state index < -0.39 is 0 Å². The number of hydrogen-bond donors (Lipinski definition) is 0. The zero-order valence-corrected chi connectivity index (χ0v) is 13.0. The van der Waals surface area contributed by atoms with Crippen molar-refractivity contribution >= 4 is 11.8 Å². The Morgan fingerprint density at radius 3 is 2.64 bits per heavy atom. The number of hydrogen-bond acceptors (Lipinski definition) is 5. The maximum absolute atomic E-state index is 5.78. The number of para-hydroxylation sites is 2. The summed E-state index contributed by atoms with van der Waals surface area (Å²) in [7, 11) is 0. The fourth-order valence-corrected chi connectivity index (χ4v) is 2.71. The molecule has 0 aliphatic heterocycles. The van der Waals surface area contributed by atoms with E-state index in [9.17, 15) is 0 Å². The Morgan fingerprint density at radius 1 is 1.05 bits per heavy atom. The van der Waals surface area contributed by atoms with Gasteiger partial charge in [-0.25, -0.2) is 0 Å². The maximum Gasteiger partial charge on any atom is 0.214 e. The van der Waals surface area contributed by atoms with Crippen LogP contribution < -0.4 is 4.74 Å². The summed E-state index contributed by atoms with van der Waals surface area (Å²) in [6.07, 6.45) is 0. The van der Waals surface area contributed by atoms with Crippen LogP contribution in [0.1, 0.15) is 5.56 Å². The Labute approximate surface area is 133 Å². The maximum atomic E-state index is 5.78. The molecule has 0 aliphatic carbocycles. The summed E-state index contributed by atoms with van der Waals surface area (Å²) in [4.78, 5) is 0. The number of aromatic nitrogens is 4. The number of benzene rings is 2. The molecule has 112 valence electrons. The first-order chi connectivity index (χ1) is 10.8. The van der Waals surface area contributed by atoms with Gasteiger partial charge in [0.05, 0.1) is 12.3 Å².